The Bertz CT molecular complexity index is 564. The zero-order valence-corrected chi connectivity index (χ0v) is 11.9. The van der Waals surface area contributed by atoms with Crippen molar-refractivity contribution in [2.24, 2.45) is 0 Å². The number of nitrogens with zero attached hydrogens (tertiary/aromatic N) is 1. The summed E-state index contributed by atoms with van der Waals surface area (Å²) in [7, 11) is 0. The third kappa shape index (κ3) is 2.94. The van der Waals surface area contributed by atoms with Gasteiger partial charge in [0.2, 0.25) is 0 Å². The van der Waals surface area contributed by atoms with Gasteiger partial charge in [-0.3, -0.25) is 4.90 Å². The van der Waals surface area contributed by atoms with E-state index in [2.05, 4.69) is 46.0 Å². The summed E-state index contributed by atoms with van der Waals surface area (Å²) in [6.45, 7) is 8.15. The van der Waals surface area contributed by atoms with Crippen LogP contribution in [0.5, 0.6) is 0 Å². The molecule has 1 saturated heterocycles. The Kier molecular flexibility index (Phi) is 4.19. The minimum atomic E-state index is 0.644. The summed E-state index contributed by atoms with van der Waals surface area (Å²) in [6, 6.07) is 9.29. The highest BCUT2D eigenvalue weighted by molar-refractivity contribution is 5.82. The smallest absolute Gasteiger partial charge is 0.0457 e. The van der Waals surface area contributed by atoms with Crippen LogP contribution < -0.4 is 5.32 Å². The Hall–Kier alpha value is -1.58. The lowest BCUT2D eigenvalue weighted by molar-refractivity contribution is 0.215. The number of piperidine rings is 1. The maximum atomic E-state index is 3.81. The molecule has 0 amide bonds. The third-order valence-electron chi connectivity index (χ3n) is 4.24. The van der Waals surface area contributed by atoms with Gasteiger partial charge in [-0.25, -0.2) is 0 Å². The average molecular weight is 269 g/mol. The molecule has 2 N–H and O–H groups in total. The van der Waals surface area contributed by atoms with Gasteiger partial charge in [0.15, 0.2) is 0 Å². The zero-order valence-electron chi connectivity index (χ0n) is 11.9. The van der Waals surface area contributed by atoms with Crippen LogP contribution in [0.2, 0.25) is 0 Å². The first-order valence-electron chi connectivity index (χ1n) is 7.48. The lowest BCUT2D eigenvalue weighted by Gasteiger charge is -2.31. The minimum absolute atomic E-state index is 0.644. The van der Waals surface area contributed by atoms with Crippen LogP contribution >= 0.6 is 0 Å². The first-order valence-corrected chi connectivity index (χ1v) is 7.48. The van der Waals surface area contributed by atoms with Crippen molar-refractivity contribution in [3.8, 4) is 0 Å². The first-order chi connectivity index (χ1) is 9.86. The maximum absolute atomic E-state index is 3.81. The van der Waals surface area contributed by atoms with E-state index in [4.69, 9.17) is 0 Å². The normalized spacial score (nSPS) is 17.6. The topological polar surface area (TPSA) is 31.1 Å². The van der Waals surface area contributed by atoms with Gasteiger partial charge in [0.25, 0.3) is 0 Å². The molecule has 3 rings (SSSR count). The van der Waals surface area contributed by atoms with E-state index in [0.717, 1.165) is 13.1 Å². The fourth-order valence-electron chi connectivity index (χ4n) is 3.06. The lowest BCUT2D eigenvalue weighted by atomic mass is 10.0. The van der Waals surface area contributed by atoms with Gasteiger partial charge in [-0.15, -0.1) is 6.58 Å². The number of nitrogens with one attached hydrogen (secondary N) is 2. The number of hydrogen-bond acceptors (Lipinski definition) is 2. The van der Waals surface area contributed by atoms with E-state index in [1.807, 2.05) is 12.3 Å². The van der Waals surface area contributed by atoms with Gasteiger partial charge in [0, 0.05) is 36.2 Å². The van der Waals surface area contributed by atoms with Crippen LogP contribution in [0.25, 0.3) is 10.9 Å². The molecule has 3 heteroatoms. The summed E-state index contributed by atoms with van der Waals surface area (Å²) >= 11 is 0. The van der Waals surface area contributed by atoms with Gasteiger partial charge in [0.1, 0.15) is 0 Å². The molecule has 0 atom stereocenters. The molecule has 2 aromatic rings. The van der Waals surface area contributed by atoms with Crippen molar-refractivity contribution in [1.29, 1.82) is 0 Å². The number of H-pyrrole nitrogens is 1. The number of aromatic amines is 1. The SMILES string of the molecule is C=CCN1CCC(NCc2cccc3[nH]ccc23)CC1. The van der Waals surface area contributed by atoms with Crippen LogP contribution in [0.1, 0.15) is 18.4 Å². The Balaban J connectivity index is 1.55. The second-order valence-electron chi connectivity index (χ2n) is 5.60. The van der Waals surface area contributed by atoms with Crippen LogP contribution in [-0.2, 0) is 6.54 Å². The molecule has 1 aliphatic heterocycles. The number of benzene rings is 1. The fraction of sp³-hybridized carbons (Fsp3) is 0.412. The molecule has 0 saturated carbocycles. The molecule has 0 unspecified atom stereocenters. The summed E-state index contributed by atoms with van der Waals surface area (Å²) in [5.41, 5.74) is 2.61. The average Bonchev–Trinajstić information content (AvgIpc) is 2.96. The molecule has 0 radical (unpaired) electrons. The van der Waals surface area contributed by atoms with Crippen LogP contribution in [0.15, 0.2) is 43.1 Å². The Morgan fingerprint density at radius 2 is 2.15 bits per heavy atom. The fourth-order valence-corrected chi connectivity index (χ4v) is 3.06. The van der Waals surface area contributed by atoms with Crippen LogP contribution in [0, 0.1) is 0 Å². The van der Waals surface area contributed by atoms with E-state index < -0.39 is 0 Å². The largest absolute Gasteiger partial charge is 0.361 e. The van der Waals surface area contributed by atoms with Gasteiger partial charge in [-0.2, -0.15) is 0 Å². The highest BCUT2D eigenvalue weighted by Gasteiger charge is 2.17. The van der Waals surface area contributed by atoms with Crippen molar-refractivity contribution in [2.75, 3.05) is 19.6 Å². The van der Waals surface area contributed by atoms with E-state index in [9.17, 15) is 0 Å². The monoisotopic (exact) mass is 269 g/mol. The van der Waals surface area contributed by atoms with Gasteiger partial charge >= 0.3 is 0 Å². The zero-order chi connectivity index (χ0) is 13.8. The molecule has 2 heterocycles. The van der Waals surface area contributed by atoms with E-state index >= 15 is 0 Å². The van der Waals surface area contributed by atoms with Gasteiger partial charge in [-0.05, 0) is 43.6 Å². The van der Waals surface area contributed by atoms with Crippen molar-refractivity contribution >= 4 is 10.9 Å². The number of likely N-dealkylation sites (tertiary alicyclic amines) is 1. The van der Waals surface area contributed by atoms with Crippen LogP contribution in [-0.4, -0.2) is 35.6 Å². The third-order valence-corrected chi connectivity index (χ3v) is 4.24. The predicted molar refractivity (Wildman–Crippen MR) is 84.8 cm³/mol. The van der Waals surface area contributed by atoms with Crippen molar-refractivity contribution in [2.45, 2.75) is 25.4 Å². The molecular formula is C17H23N3. The predicted octanol–water partition coefficient (Wildman–Crippen LogP) is 2.91. The molecule has 0 spiro atoms. The molecule has 1 fully saturated rings. The Labute approximate surface area is 120 Å². The quantitative estimate of drug-likeness (QED) is 0.818. The highest BCUT2D eigenvalue weighted by atomic mass is 15.1. The number of hydrogen-bond donors (Lipinski definition) is 2. The van der Waals surface area contributed by atoms with Crippen molar-refractivity contribution < 1.29 is 0 Å². The lowest BCUT2D eigenvalue weighted by Crippen LogP contribution is -2.42. The summed E-state index contributed by atoms with van der Waals surface area (Å²) in [5, 5.41) is 5.05. The molecule has 1 aromatic heterocycles. The molecule has 20 heavy (non-hydrogen) atoms. The maximum Gasteiger partial charge on any atom is 0.0457 e. The highest BCUT2D eigenvalue weighted by Crippen LogP contribution is 2.18. The molecule has 0 bridgehead atoms. The van der Waals surface area contributed by atoms with Crippen molar-refractivity contribution in [3.05, 3.63) is 48.7 Å². The molecule has 1 aromatic carbocycles. The minimum Gasteiger partial charge on any atom is -0.361 e. The number of fused-ring (bicyclic) bond motifs is 1. The molecular weight excluding hydrogens is 246 g/mol. The number of aromatic nitrogens is 1. The van der Waals surface area contributed by atoms with Crippen molar-refractivity contribution in [1.82, 2.24) is 15.2 Å². The van der Waals surface area contributed by atoms with E-state index in [-0.39, 0.29) is 0 Å². The van der Waals surface area contributed by atoms with E-state index in [1.54, 1.807) is 0 Å². The van der Waals surface area contributed by atoms with Gasteiger partial charge < -0.3 is 10.3 Å². The van der Waals surface area contributed by atoms with Gasteiger partial charge in [-0.1, -0.05) is 18.2 Å². The standard InChI is InChI=1S/C17H23N3/c1-2-10-20-11-7-15(8-12-20)19-13-14-4-3-5-17-16(14)6-9-18-17/h2-6,9,15,18-19H,1,7-8,10-13H2. The molecule has 106 valence electrons. The summed E-state index contributed by atoms with van der Waals surface area (Å²) in [4.78, 5) is 5.74. The Morgan fingerprint density at radius 3 is 2.95 bits per heavy atom. The molecule has 3 nitrogen and oxygen atoms in total. The van der Waals surface area contributed by atoms with Crippen LogP contribution in [0.4, 0.5) is 0 Å². The summed E-state index contributed by atoms with van der Waals surface area (Å²) in [5.74, 6) is 0. The van der Waals surface area contributed by atoms with Gasteiger partial charge in [0.05, 0.1) is 0 Å². The van der Waals surface area contributed by atoms with Crippen LogP contribution in [0.3, 0.4) is 0 Å². The second-order valence-corrected chi connectivity index (χ2v) is 5.60. The molecule has 1 aliphatic rings. The second kappa shape index (κ2) is 6.25. The Morgan fingerprint density at radius 1 is 1.30 bits per heavy atom. The van der Waals surface area contributed by atoms with E-state index in [0.29, 0.717) is 6.04 Å². The number of rotatable bonds is 5. The van der Waals surface area contributed by atoms with Crippen molar-refractivity contribution in [3.63, 3.8) is 0 Å². The summed E-state index contributed by atoms with van der Waals surface area (Å²) in [6.07, 6.45) is 6.48. The summed E-state index contributed by atoms with van der Waals surface area (Å²) < 4.78 is 0. The first kappa shape index (κ1) is 13.4. The van der Waals surface area contributed by atoms with E-state index in [1.165, 1.54) is 42.4 Å². The molecule has 0 aliphatic carbocycles.